The molecule has 0 saturated carbocycles. The summed E-state index contributed by atoms with van der Waals surface area (Å²) in [4.78, 5) is 16.3. The van der Waals surface area contributed by atoms with Crippen LogP contribution in [0.1, 0.15) is 15.9 Å². The molecule has 0 spiro atoms. The Morgan fingerprint density at radius 3 is 2.74 bits per heavy atom. The quantitative estimate of drug-likeness (QED) is 0.684. The molecule has 0 bridgehead atoms. The lowest BCUT2D eigenvalue weighted by molar-refractivity contribution is -0.137. The number of anilines is 1. The van der Waals surface area contributed by atoms with Gasteiger partial charge in [-0.1, -0.05) is 17.7 Å². The average molecular weight is 357 g/mol. The van der Waals surface area contributed by atoms with E-state index in [0.29, 0.717) is 5.69 Å². The van der Waals surface area contributed by atoms with Crippen molar-refractivity contribution in [2.45, 2.75) is 6.18 Å². The maximum Gasteiger partial charge on any atom is 0.417 e. The second-order valence-electron chi connectivity index (χ2n) is 4.65. The van der Waals surface area contributed by atoms with Crippen LogP contribution in [0, 0.1) is 0 Å². The Bertz CT molecular complexity index is 892. The lowest BCUT2D eigenvalue weighted by atomic mass is 10.1. The standard InChI is InChI=1S/C15H8ClF3N2OS/c16-13-9(2-1-3-10(13)15(17,18)19)14(22)21-8-4-5-11-12(6-8)23-7-20-11/h1-7H,(H,21,22). The number of fused-ring (bicyclic) bond motifs is 1. The fourth-order valence-corrected chi connectivity index (χ4v) is 3.09. The Labute approximate surface area is 137 Å². The molecule has 0 aliphatic rings. The molecule has 1 N–H and O–H groups in total. The molecule has 8 heteroatoms. The summed E-state index contributed by atoms with van der Waals surface area (Å²) in [5, 5.41) is 1.93. The minimum atomic E-state index is -4.62. The summed E-state index contributed by atoms with van der Waals surface area (Å²) in [7, 11) is 0. The molecule has 0 unspecified atom stereocenters. The SMILES string of the molecule is O=C(Nc1ccc2ncsc2c1)c1cccc(C(F)(F)F)c1Cl. The van der Waals surface area contributed by atoms with Crippen molar-refractivity contribution in [2.24, 2.45) is 0 Å². The minimum Gasteiger partial charge on any atom is -0.322 e. The monoisotopic (exact) mass is 356 g/mol. The van der Waals surface area contributed by atoms with Crippen LogP contribution in [0.4, 0.5) is 18.9 Å². The maximum atomic E-state index is 12.8. The van der Waals surface area contributed by atoms with Crippen molar-refractivity contribution in [1.29, 1.82) is 0 Å². The number of nitrogens with zero attached hydrogens (tertiary/aromatic N) is 1. The number of nitrogens with one attached hydrogen (secondary N) is 1. The largest absolute Gasteiger partial charge is 0.417 e. The van der Waals surface area contributed by atoms with E-state index in [1.165, 1.54) is 17.4 Å². The Morgan fingerprint density at radius 1 is 1.22 bits per heavy atom. The first-order valence-electron chi connectivity index (χ1n) is 6.36. The molecule has 3 aromatic rings. The zero-order valence-electron chi connectivity index (χ0n) is 11.3. The molecule has 0 radical (unpaired) electrons. The fraction of sp³-hybridized carbons (Fsp3) is 0.0667. The summed E-state index contributed by atoms with van der Waals surface area (Å²) in [6.45, 7) is 0. The number of thiazole rings is 1. The highest BCUT2D eigenvalue weighted by Crippen LogP contribution is 2.36. The van der Waals surface area contributed by atoms with E-state index in [-0.39, 0.29) is 5.56 Å². The Morgan fingerprint density at radius 2 is 2.00 bits per heavy atom. The van der Waals surface area contributed by atoms with Gasteiger partial charge < -0.3 is 5.32 Å². The second kappa shape index (κ2) is 5.82. The lowest BCUT2D eigenvalue weighted by Crippen LogP contribution is -2.15. The predicted octanol–water partition coefficient (Wildman–Crippen LogP) is 5.22. The van der Waals surface area contributed by atoms with E-state index in [9.17, 15) is 18.0 Å². The summed E-state index contributed by atoms with van der Waals surface area (Å²) in [5.74, 6) is -0.704. The van der Waals surface area contributed by atoms with Crippen LogP contribution in [-0.2, 0) is 6.18 Å². The van der Waals surface area contributed by atoms with Crippen molar-refractivity contribution in [2.75, 3.05) is 5.32 Å². The van der Waals surface area contributed by atoms with Crippen molar-refractivity contribution in [3.05, 3.63) is 58.1 Å². The second-order valence-corrected chi connectivity index (χ2v) is 5.92. The predicted molar refractivity (Wildman–Crippen MR) is 84.0 cm³/mol. The van der Waals surface area contributed by atoms with E-state index in [0.717, 1.165) is 22.3 Å². The summed E-state index contributed by atoms with van der Waals surface area (Å²) < 4.78 is 39.4. The summed E-state index contributed by atoms with van der Waals surface area (Å²) in [6, 6.07) is 8.28. The van der Waals surface area contributed by atoms with Crippen LogP contribution in [0.5, 0.6) is 0 Å². The zero-order valence-corrected chi connectivity index (χ0v) is 12.9. The third kappa shape index (κ3) is 3.16. The van der Waals surface area contributed by atoms with Crippen LogP contribution in [0.15, 0.2) is 41.9 Å². The Kier molecular flexibility index (Phi) is 3.99. The van der Waals surface area contributed by atoms with Gasteiger partial charge >= 0.3 is 6.18 Å². The third-order valence-electron chi connectivity index (χ3n) is 3.14. The van der Waals surface area contributed by atoms with Gasteiger partial charge in [-0.25, -0.2) is 4.98 Å². The normalized spacial score (nSPS) is 11.7. The third-order valence-corrected chi connectivity index (χ3v) is 4.34. The number of rotatable bonds is 2. The van der Waals surface area contributed by atoms with Gasteiger partial charge in [-0.05, 0) is 30.3 Å². The molecular formula is C15H8ClF3N2OS. The van der Waals surface area contributed by atoms with Crippen molar-refractivity contribution in [1.82, 2.24) is 4.98 Å². The summed E-state index contributed by atoms with van der Waals surface area (Å²) in [5.41, 5.74) is 1.64. The molecule has 1 heterocycles. The van der Waals surface area contributed by atoms with Gasteiger partial charge in [-0.15, -0.1) is 11.3 Å². The number of carbonyl (C=O) groups is 1. The molecule has 0 aliphatic carbocycles. The maximum absolute atomic E-state index is 12.8. The van der Waals surface area contributed by atoms with Gasteiger partial charge in [0.15, 0.2) is 0 Å². The van der Waals surface area contributed by atoms with Crippen LogP contribution in [0.3, 0.4) is 0 Å². The highest BCUT2D eigenvalue weighted by atomic mass is 35.5. The topological polar surface area (TPSA) is 42.0 Å². The summed E-state index contributed by atoms with van der Waals surface area (Å²) >= 11 is 7.14. The number of hydrogen-bond donors (Lipinski definition) is 1. The molecule has 23 heavy (non-hydrogen) atoms. The van der Waals surface area contributed by atoms with E-state index in [1.54, 1.807) is 23.7 Å². The van der Waals surface area contributed by atoms with Gasteiger partial charge in [-0.2, -0.15) is 13.2 Å². The number of halogens is 4. The van der Waals surface area contributed by atoms with Gasteiger partial charge in [0.05, 0.1) is 31.9 Å². The van der Waals surface area contributed by atoms with Crippen LogP contribution >= 0.6 is 22.9 Å². The number of aromatic nitrogens is 1. The first-order valence-corrected chi connectivity index (χ1v) is 7.62. The lowest BCUT2D eigenvalue weighted by Gasteiger charge is -2.12. The van der Waals surface area contributed by atoms with Crippen molar-refractivity contribution in [3.8, 4) is 0 Å². The molecule has 1 amide bonds. The molecule has 3 rings (SSSR count). The van der Waals surface area contributed by atoms with E-state index in [4.69, 9.17) is 11.6 Å². The minimum absolute atomic E-state index is 0.231. The van der Waals surface area contributed by atoms with E-state index in [1.807, 2.05) is 0 Å². The van der Waals surface area contributed by atoms with Gasteiger partial charge in [0.25, 0.3) is 5.91 Å². The Balaban J connectivity index is 1.91. The molecule has 3 nitrogen and oxygen atoms in total. The molecule has 0 fully saturated rings. The molecular weight excluding hydrogens is 349 g/mol. The van der Waals surface area contributed by atoms with Crippen LogP contribution < -0.4 is 5.32 Å². The highest BCUT2D eigenvalue weighted by Gasteiger charge is 2.34. The zero-order chi connectivity index (χ0) is 16.6. The number of hydrogen-bond acceptors (Lipinski definition) is 3. The Hall–Kier alpha value is -2.12. The molecule has 2 aromatic carbocycles. The molecule has 118 valence electrons. The molecule has 0 atom stereocenters. The van der Waals surface area contributed by atoms with Gasteiger partial charge in [0.1, 0.15) is 0 Å². The van der Waals surface area contributed by atoms with Crippen LogP contribution in [0.2, 0.25) is 5.02 Å². The smallest absolute Gasteiger partial charge is 0.322 e. The first kappa shape index (κ1) is 15.8. The van der Waals surface area contributed by atoms with Gasteiger partial charge in [0.2, 0.25) is 0 Å². The number of amides is 1. The van der Waals surface area contributed by atoms with Crippen molar-refractivity contribution < 1.29 is 18.0 Å². The number of alkyl halides is 3. The number of benzene rings is 2. The fourth-order valence-electron chi connectivity index (χ4n) is 2.06. The molecule has 0 saturated heterocycles. The van der Waals surface area contributed by atoms with Crippen LogP contribution in [0.25, 0.3) is 10.2 Å². The first-order chi connectivity index (χ1) is 10.9. The molecule has 1 aromatic heterocycles. The highest BCUT2D eigenvalue weighted by molar-refractivity contribution is 7.16. The number of carbonyl (C=O) groups excluding carboxylic acids is 1. The van der Waals surface area contributed by atoms with Crippen molar-refractivity contribution in [3.63, 3.8) is 0 Å². The summed E-state index contributed by atoms with van der Waals surface area (Å²) in [6.07, 6.45) is -4.62. The van der Waals surface area contributed by atoms with Gasteiger partial charge in [-0.3, -0.25) is 4.79 Å². The van der Waals surface area contributed by atoms with Crippen molar-refractivity contribution >= 4 is 44.7 Å². The van der Waals surface area contributed by atoms with E-state index in [2.05, 4.69) is 10.3 Å². The molecule has 0 aliphatic heterocycles. The average Bonchev–Trinajstić information content (AvgIpc) is 2.93. The van der Waals surface area contributed by atoms with E-state index >= 15 is 0 Å². The van der Waals surface area contributed by atoms with Gasteiger partial charge in [0, 0.05) is 5.69 Å². The van der Waals surface area contributed by atoms with Crippen LogP contribution in [-0.4, -0.2) is 10.9 Å². The van der Waals surface area contributed by atoms with E-state index < -0.39 is 22.7 Å².